The monoisotopic (exact) mass is 244 g/mol. The summed E-state index contributed by atoms with van der Waals surface area (Å²) in [6.45, 7) is 2.61. The highest BCUT2D eigenvalue weighted by Gasteiger charge is 2.21. The summed E-state index contributed by atoms with van der Waals surface area (Å²) in [5, 5.41) is 22.0. The lowest BCUT2D eigenvalue weighted by molar-refractivity contribution is 0.204. The molecular formula is C13H16N4O. The Morgan fingerprint density at radius 3 is 2.83 bits per heavy atom. The van der Waals surface area contributed by atoms with E-state index in [2.05, 4.69) is 15.5 Å². The Labute approximate surface area is 105 Å². The standard InChI is InChI=1S/C13H16N4O/c18-12(10-4-2-1-3-5-10)13-16-15-11-6-7-14-8-9-17(11)13/h1-5,12,14,18H,6-9H2. The van der Waals surface area contributed by atoms with E-state index >= 15 is 0 Å². The molecule has 1 aromatic carbocycles. The predicted octanol–water partition coefficient (Wildman–Crippen LogP) is 0.505. The van der Waals surface area contributed by atoms with Gasteiger partial charge in [0.1, 0.15) is 11.9 Å². The van der Waals surface area contributed by atoms with Crippen LogP contribution in [0.15, 0.2) is 30.3 Å². The van der Waals surface area contributed by atoms with Crippen molar-refractivity contribution in [1.82, 2.24) is 20.1 Å². The number of aliphatic hydroxyl groups is 1. The maximum absolute atomic E-state index is 10.4. The minimum absolute atomic E-state index is 0.639. The fourth-order valence-corrected chi connectivity index (χ4v) is 2.28. The molecule has 0 amide bonds. The van der Waals surface area contributed by atoms with Crippen LogP contribution in [0.4, 0.5) is 0 Å². The summed E-state index contributed by atoms with van der Waals surface area (Å²) in [6, 6.07) is 9.58. The molecule has 1 atom stereocenters. The van der Waals surface area contributed by atoms with Gasteiger partial charge in [0, 0.05) is 26.1 Å². The predicted molar refractivity (Wildman–Crippen MR) is 67.1 cm³/mol. The van der Waals surface area contributed by atoms with Crippen molar-refractivity contribution in [3.63, 3.8) is 0 Å². The average Bonchev–Trinajstić information content (AvgIpc) is 2.68. The van der Waals surface area contributed by atoms with Crippen molar-refractivity contribution in [1.29, 1.82) is 0 Å². The molecule has 1 aliphatic rings. The first-order valence-corrected chi connectivity index (χ1v) is 6.22. The first kappa shape index (κ1) is 11.4. The zero-order valence-corrected chi connectivity index (χ0v) is 10.1. The van der Waals surface area contributed by atoms with E-state index in [-0.39, 0.29) is 0 Å². The van der Waals surface area contributed by atoms with Gasteiger partial charge in [0.2, 0.25) is 0 Å². The summed E-state index contributed by atoms with van der Waals surface area (Å²) >= 11 is 0. The quantitative estimate of drug-likeness (QED) is 0.808. The fraction of sp³-hybridized carbons (Fsp3) is 0.385. The maximum atomic E-state index is 10.4. The number of benzene rings is 1. The molecule has 2 heterocycles. The zero-order valence-electron chi connectivity index (χ0n) is 10.1. The zero-order chi connectivity index (χ0) is 12.4. The van der Waals surface area contributed by atoms with E-state index < -0.39 is 6.10 Å². The lowest BCUT2D eigenvalue weighted by Crippen LogP contribution is -2.19. The topological polar surface area (TPSA) is 63.0 Å². The van der Waals surface area contributed by atoms with Crippen LogP contribution in [-0.2, 0) is 13.0 Å². The molecule has 0 radical (unpaired) electrons. The van der Waals surface area contributed by atoms with Gasteiger partial charge in [-0.2, -0.15) is 0 Å². The summed E-state index contributed by atoms with van der Waals surface area (Å²) in [5.74, 6) is 1.59. The Balaban J connectivity index is 1.95. The van der Waals surface area contributed by atoms with E-state index in [1.54, 1.807) is 0 Å². The lowest BCUT2D eigenvalue weighted by atomic mass is 10.1. The molecular weight excluding hydrogens is 228 g/mol. The van der Waals surface area contributed by atoms with Crippen LogP contribution in [0.5, 0.6) is 0 Å². The third-order valence-corrected chi connectivity index (χ3v) is 3.25. The Hall–Kier alpha value is -1.72. The molecule has 1 aliphatic heterocycles. The van der Waals surface area contributed by atoms with E-state index in [1.807, 2.05) is 34.9 Å². The average molecular weight is 244 g/mol. The van der Waals surface area contributed by atoms with Crippen molar-refractivity contribution in [3.8, 4) is 0 Å². The minimum atomic E-state index is -0.703. The van der Waals surface area contributed by atoms with Crippen molar-refractivity contribution >= 4 is 0 Å². The normalized spacial score (nSPS) is 16.9. The molecule has 2 N–H and O–H groups in total. The van der Waals surface area contributed by atoms with Gasteiger partial charge in [0.05, 0.1) is 0 Å². The largest absolute Gasteiger partial charge is 0.380 e. The first-order chi connectivity index (χ1) is 8.86. The summed E-state index contributed by atoms with van der Waals surface area (Å²) < 4.78 is 2.03. The van der Waals surface area contributed by atoms with Crippen molar-refractivity contribution in [2.75, 3.05) is 13.1 Å². The van der Waals surface area contributed by atoms with E-state index in [9.17, 15) is 5.11 Å². The number of fused-ring (bicyclic) bond motifs is 1. The highest BCUT2D eigenvalue weighted by atomic mass is 16.3. The molecule has 5 heteroatoms. The third-order valence-electron chi connectivity index (χ3n) is 3.25. The van der Waals surface area contributed by atoms with Crippen molar-refractivity contribution in [3.05, 3.63) is 47.5 Å². The third kappa shape index (κ3) is 2.02. The van der Waals surface area contributed by atoms with Crippen molar-refractivity contribution in [2.24, 2.45) is 0 Å². The number of aliphatic hydroxyl groups excluding tert-OH is 1. The van der Waals surface area contributed by atoms with Gasteiger partial charge in [-0.3, -0.25) is 0 Å². The summed E-state index contributed by atoms with van der Waals surface area (Å²) in [5.41, 5.74) is 0.852. The number of rotatable bonds is 2. The molecule has 0 saturated carbocycles. The second-order valence-corrected chi connectivity index (χ2v) is 4.44. The smallest absolute Gasteiger partial charge is 0.166 e. The molecule has 5 nitrogen and oxygen atoms in total. The molecule has 3 rings (SSSR count). The van der Waals surface area contributed by atoms with E-state index in [0.29, 0.717) is 5.82 Å². The molecule has 0 aliphatic carbocycles. The van der Waals surface area contributed by atoms with Crippen LogP contribution in [0.3, 0.4) is 0 Å². The Bertz CT molecular complexity index is 523. The van der Waals surface area contributed by atoms with Gasteiger partial charge in [-0.1, -0.05) is 30.3 Å². The molecule has 94 valence electrons. The Morgan fingerprint density at radius 2 is 2.00 bits per heavy atom. The van der Waals surface area contributed by atoms with Gasteiger partial charge in [0.15, 0.2) is 5.82 Å². The number of nitrogens with zero attached hydrogens (tertiary/aromatic N) is 3. The highest BCUT2D eigenvalue weighted by molar-refractivity contribution is 5.23. The summed E-state index contributed by atoms with van der Waals surface area (Å²) in [4.78, 5) is 0. The SMILES string of the molecule is OC(c1ccccc1)c1nnc2n1CCNCC2. The number of hydrogen-bond acceptors (Lipinski definition) is 4. The van der Waals surface area contributed by atoms with Crippen LogP contribution in [-0.4, -0.2) is 33.0 Å². The van der Waals surface area contributed by atoms with Crippen LogP contribution < -0.4 is 5.32 Å². The minimum Gasteiger partial charge on any atom is -0.380 e. The molecule has 1 aromatic heterocycles. The van der Waals surface area contributed by atoms with E-state index in [0.717, 1.165) is 37.4 Å². The van der Waals surface area contributed by atoms with Gasteiger partial charge in [-0.25, -0.2) is 0 Å². The molecule has 0 spiro atoms. The molecule has 0 saturated heterocycles. The van der Waals surface area contributed by atoms with Crippen LogP contribution in [0, 0.1) is 0 Å². The van der Waals surface area contributed by atoms with E-state index in [1.165, 1.54) is 0 Å². The maximum Gasteiger partial charge on any atom is 0.166 e. The van der Waals surface area contributed by atoms with Gasteiger partial charge in [-0.15, -0.1) is 10.2 Å². The van der Waals surface area contributed by atoms with Gasteiger partial charge < -0.3 is 15.0 Å². The van der Waals surface area contributed by atoms with Crippen molar-refractivity contribution in [2.45, 2.75) is 19.1 Å². The van der Waals surface area contributed by atoms with Gasteiger partial charge >= 0.3 is 0 Å². The number of hydrogen-bond donors (Lipinski definition) is 2. The van der Waals surface area contributed by atoms with Crippen LogP contribution in [0.1, 0.15) is 23.3 Å². The Kier molecular flexibility index (Phi) is 3.08. The molecule has 0 fully saturated rings. The second kappa shape index (κ2) is 4.88. The van der Waals surface area contributed by atoms with Crippen LogP contribution in [0.2, 0.25) is 0 Å². The fourth-order valence-electron chi connectivity index (χ4n) is 2.28. The van der Waals surface area contributed by atoms with Crippen LogP contribution in [0.25, 0.3) is 0 Å². The number of nitrogens with one attached hydrogen (secondary N) is 1. The van der Waals surface area contributed by atoms with E-state index in [4.69, 9.17) is 0 Å². The van der Waals surface area contributed by atoms with Gasteiger partial charge in [0.25, 0.3) is 0 Å². The summed E-state index contributed by atoms with van der Waals surface area (Å²) in [6.07, 6.45) is 0.152. The van der Waals surface area contributed by atoms with Crippen molar-refractivity contribution < 1.29 is 5.11 Å². The molecule has 0 bridgehead atoms. The number of aromatic nitrogens is 3. The Morgan fingerprint density at radius 1 is 1.17 bits per heavy atom. The molecule has 1 unspecified atom stereocenters. The molecule has 2 aromatic rings. The first-order valence-electron chi connectivity index (χ1n) is 6.22. The lowest BCUT2D eigenvalue weighted by Gasteiger charge is -2.12. The van der Waals surface area contributed by atoms with Crippen LogP contribution >= 0.6 is 0 Å². The summed E-state index contributed by atoms with van der Waals surface area (Å²) in [7, 11) is 0. The second-order valence-electron chi connectivity index (χ2n) is 4.44. The molecule has 18 heavy (non-hydrogen) atoms. The van der Waals surface area contributed by atoms with Gasteiger partial charge in [-0.05, 0) is 5.56 Å². The highest BCUT2D eigenvalue weighted by Crippen LogP contribution is 2.21.